The number of halogens is 3. The van der Waals surface area contributed by atoms with E-state index in [1.807, 2.05) is 0 Å². The molecule has 0 amide bonds. The van der Waals surface area contributed by atoms with Crippen LogP contribution in [0.1, 0.15) is 11.6 Å². The highest BCUT2D eigenvalue weighted by Gasteiger charge is 2.39. The largest absolute Gasteiger partial charge is 0.451 e. The summed E-state index contributed by atoms with van der Waals surface area (Å²) in [7, 11) is 0. The van der Waals surface area contributed by atoms with Crippen LogP contribution in [0.4, 0.5) is 13.2 Å². The Labute approximate surface area is 82.9 Å². The highest BCUT2D eigenvalue weighted by molar-refractivity contribution is 5.03. The van der Waals surface area contributed by atoms with Gasteiger partial charge in [-0.05, 0) is 0 Å². The van der Waals surface area contributed by atoms with E-state index < -0.39 is 12.0 Å². The number of aliphatic hydroxyl groups excluding tert-OH is 1. The number of aromatic nitrogens is 3. The molecule has 2 heterocycles. The Morgan fingerprint density at radius 1 is 1.47 bits per heavy atom. The van der Waals surface area contributed by atoms with Gasteiger partial charge in [0, 0.05) is 12.6 Å². The van der Waals surface area contributed by atoms with E-state index in [4.69, 9.17) is 5.11 Å². The van der Waals surface area contributed by atoms with Gasteiger partial charge in [0.05, 0.1) is 13.2 Å². The molecule has 5 nitrogen and oxygen atoms in total. The summed E-state index contributed by atoms with van der Waals surface area (Å²) in [4.78, 5) is 0. The van der Waals surface area contributed by atoms with Gasteiger partial charge in [-0.15, -0.1) is 10.2 Å². The van der Waals surface area contributed by atoms with Crippen LogP contribution in [0, 0.1) is 0 Å². The first-order chi connectivity index (χ1) is 7.02. The topological polar surface area (TPSA) is 63.0 Å². The Bertz CT molecular complexity index is 362. The van der Waals surface area contributed by atoms with Crippen molar-refractivity contribution in [1.82, 2.24) is 20.1 Å². The molecule has 0 radical (unpaired) electrons. The van der Waals surface area contributed by atoms with Crippen molar-refractivity contribution in [3.63, 3.8) is 0 Å². The predicted octanol–water partition coefficient (Wildman–Crippen LogP) is -0.239. The Balaban J connectivity index is 2.34. The zero-order valence-corrected chi connectivity index (χ0v) is 7.62. The molecule has 0 aromatic carbocycles. The molecule has 0 saturated carbocycles. The number of hydrogen-bond donors (Lipinski definition) is 2. The molecule has 1 aromatic heterocycles. The first kappa shape index (κ1) is 10.4. The van der Waals surface area contributed by atoms with Crippen molar-refractivity contribution >= 4 is 0 Å². The number of aliphatic hydroxyl groups is 1. The summed E-state index contributed by atoms with van der Waals surface area (Å²) in [6, 6.07) is -0.380. The van der Waals surface area contributed by atoms with E-state index in [1.54, 1.807) is 0 Å². The van der Waals surface area contributed by atoms with E-state index in [0.717, 1.165) is 4.57 Å². The number of nitrogens with zero attached hydrogens (tertiary/aromatic N) is 3. The number of nitrogens with one attached hydrogen (secondary N) is 1. The van der Waals surface area contributed by atoms with E-state index in [2.05, 4.69) is 15.5 Å². The molecular formula is C7H9F3N4O. The van der Waals surface area contributed by atoms with E-state index >= 15 is 0 Å². The molecule has 15 heavy (non-hydrogen) atoms. The monoisotopic (exact) mass is 222 g/mol. The van der Waals surface area contributed by atoms with Crippen LogP contribution in [0.5, 0.6) is 0 Å². The Kier molecular flexibility index (Phi) is 2.39. The molecule has 1 aromatic rings. The molecule has 8 heteroatoms. The van der Waals surface area contributed by atoms with Gasteiger partial charge in [-0.3, -0.25) is 0 Å². The molecule has 0 spiro atoms. The number of hydrogen-bond acceptors (Lipinski definition) is 4. The predicted molar refractivity (Wildman–Crippen MR) is 42.7 cm³/mol. The maximum absolute atomic E-state index is 12.4. The maximum Gasteiger partial charge on any atom is 0.451 e. The maximum atomic E-state index is 12.4. The van der Waals surface area contributed by atoms with Crippen molar-refractivity contribution in [2.75, 3.05) is 6.61 Å². The fourth-order valence-corrected chi connectivity index (χ4v) is 1.51. The van der Waals surface area contributed by atoms with Crippen molar-refractivity contribution < 1.29 is 18.3 Å². The van der Waals surface area contributed by atoms with Gasteiger partial charge in [-0.1, -0.05) is 0 Å². The van der Waals surface area contributed by atoms with Gasteiger partial charge in [0.1, 0.15) is 5.82 Å². The van der Waals surface area contributed by atoms with E-state index in [-0.39, 0.29) is 31.6 Å². The van der Waals surface area contributed by atoms with Gasteiger partial charge in [-0.25, -0.2) is 0 Å². The van der Waals surface area contributed by atoms with Crippen LogP contribution in [0.15, 0.2) is 0 Å². The van der Waals surface area contributed by atoms with E-state index in [1.165, 1.54) is 0 Å². The number of rotatable bonds is 1. The lowest BCUT2D eigenvalue weighted by atomic mass is 10.2. The molecule has 84 valence electrons. The zero-order chi connectivity index (χ0) is 11.1. The minimum atomic E-state index is -4.50. The molecule has 1 atom stereocenters. The van der Waals surface area contributed by atoms with Gasteiger partial charge in [0.2, 0.25) is 5.82 Å². The molecule has 1 unspecified atom stereocenters. The van der Waals surface area contributed by atoms with E-state index in [0.29, 0.717) is 0 Å². The average molecular weight is 222 g/mol. The SMILES string of the molecule is OCC1Cn2c(nnc2C(F)(F)F)CN1. The molecular weight excluding hydrogens is 213 g/mol. The number of fused-ring (bicyclic) bond motifs is 1. The third-order valence-corrected chi connectivity index (χ3v) is 2.25. The first-order valence-corrected chi connectivity index (χ1v) is 4.36. The Morgan fingerprint density at radius 3 is 2.80 bits per heavy atom. The smallest absolute Gasteiger partial charge is 0.395 e. The van der Waals surface area contributed by atoms with Crippen LogP contribution in [-0.4, -0.2) is 32.5 Å². The minimum Gasteiger partial charge on any atom is -0.395 e. The van der Waals surface area contributed by atoms with Gasteiger partial charge in [0.15, 0.2) is 0 Å². The van der Waals surface area contributed by atoms with Crippen molar-refractivity contribution in [3.8, 4) is 0 Å². The second-order valence-electron chi connectivity index (χ2n) is 3.31. The Hall–Kier alpha value is -1.15. The summed E-state index contributed by atoms with van der Waals surface area (Å²) < 4.78 is 38.3. The lowest BCUT2D eigenvalue weighted by molar-refractivity contribution is -0.148. The second-order valence-corrected chi connectivity index (χ2v) is 3.31. The van der Waals surface area contributed by atoms with Crippen molar-refractivity contribution in [1.29, 1.82) is 0 Å². The summed E-state index contributed by atoms with van der Waals surface area (Å²) in [6.45, 7) is 0.0108. The van der Waals surface area contributed by atoms with Crippen molar-refractivity contribution in [2.45, 2.75) is 25.3 Å². The average Bonchev–Trinajstić information content (AvgIpc) is 2.59. The summed E-state index contributed by atoms with van der Waals surface area (Å²) in [6.07, 6.45) is -4.50. The lowest BCUT2D eigenvalue weighted by Crippen LogP contribution is -2.42. The molecule has 0 fully saturated rings. The van der Waals surface area contributed by atoms with Crippen LogP contribution in [0.3, 0.4) is 0 Å². The van der Waals surface area contributed by atoms with Gasteiger partial charge in [-0.2, -0.15) is 13.2 Å². The molecule has 2 N–H and O–H groups in total. The van der Waals surface area contributed by atoms with Gasteiger partial charge >= 0.3 is 6.18 Å². The van der Waals surface area contributed by atoms with Gasteiger partial charge in [0.25, 0.3) is 0 Å². The standard InChI is InChI=1S/C7H9F3N4O/c8-7(9,10)6-13-12-5-1-11-4(3-15)2-14(5)6/h4,11,15H,1-3H2. The van der Waals surface area contributed by atoms with Crippen LogP contribution in [0.2, 0.25) is 0 Å². The normalized spacial score (nSPS) is 21.5. The third-order valence-electron chi connectivity index (χ3n) is 2.25. The summed E-state index contributed by atoms with van der Waals surface area (Å²) in [5, 5.41) is 18.2. The van der Waals surface area contributed by atoms with Crippen LogP contribution >= 0.6 is 0 Å². The fraction of sp³-hybridized carbons (Fsp3) is 0.714. The van der Waals surface area contributed by atoms with Crippen molar-refractivity contribution in [2.24, 2.45) is 0 Å². The fourth-order valence-electron chi connectivity index (χ4n) is 1.51. The molecule has 0 bridgehead atoms. The van der Waals surface area contributed by atoms with E-state index in [9.17, 15) is 13.2 Å². The highest BCUT2D eigenvalue weighted by Crippen LogP contribution is 2.28. The second kappa shape index (κ2) is 3.46. The minimum absolute atomic E-state index is 0.0354. The quantitative estimate of drug-likeness (QED) is 0.688. The first-order valence-electron chi connectivity index (χ1n) is 4.36. The Morgan fingerprint density at radius 2 is 2.20 bits per heavy atom. The summed E-state index contributed by atoms with van der Waals surface area (Å²) in [5.41, 5.74) is 0. The zero-order valence-electron chi connectivity index (χ0n) is 7.62. The molecule has 0 aliphatic carbocycles. The molecule has 1 aliphatic rings. The molecule has 2 rings (SSSR count). The van der Waals surface area contributed by atoms with Crippen LogP contribution in [0.25, 0.3) is 0 Å². The van der Waals surface area contributed by atoms with Crippen LogP contribution < -0.4 is 5.32 Å². The third kappa shape index (κ3) is 1.82. The lowest BCUT2D eigenvalue weighted by Gasteiger charge is -2.24. The number of alkyl halides is 3. The van der Waals surface area contributed by atoms with Crippen molar-refractivity contribution in [3.05, 3.63) is 11.6 Å². The molecule has 0 saturated heterocycles. The van der Waals surface area contributed by atoms with Crippen LogP contribution in [-0.2, 0) is 19.3 Å². The summed E-state index contributed by atoms with van der Waals surface area (Å²) in [5.74, 6) is -0.760. The summed E-state index contributed by atoms with van der Waals surface area (Å²) >= 11 is 0. The molecule has 1 aliphatic heterocycles. The highest BCUT2D eigenvalue weighted by atomic mass is 19.4. The van der Waals surface area contributed by atoms with Gasteiger partial charge < -0.3 is 15.0 Å².